The van der Waals surface area contributed by atoms with Crippen LogP contribution in [-0.2, 0) is 9.47 Å². The van der Waals surface area contributed by atoms with Crippen LogP contribution >= 0.6 is 11.8 Å². The minimum absolute atomic E-state index is 0.416. The van der Waals surface area contributed by atoms with E-state index in [0.717, 1.165) is 25.5 Å². The second kappa shape index (κ2) is 8.34. The van der Waals surface area contributed by atoms with Gasteiger partial charge in [-0.05, 0) is 26.3 Å². The molecular weight excluding hydrogens is 222 g/mol. The van der Waals surface area contributed by atoms with Gasteiger partial charge in [-0.25, -0.2) is 0 Å². The third-order valence-corrected chi connectivity index (χ3v) is 4.51. The quantitative estimate of drug-likeness (QED) is 0.710. The molecule has 1 N–H and O–H groups in total. The number of rotatable bonds is 8. The van der Waals surface area contributed by atoms with Gasteiger partial charge in [0.1, 0.15) is 0 Å². The minimum Gasteiger partial charge on any atom is -0.383 e. The number of hydrogen-bond donors (Lipinski definition) is 1. The first-order chi connectivity index (χ1) is 7.77. The van der Waals surface area contributed by atoms with E-state index < -0.39 is 0 Å². The van der Waals surface area contributed by atoms with Crippen molar-refractivity contribution in [2.24, 2.45) is 0 Å². The summed E-state index contributed by atoms with van der Waals surface area (Å²) in [5, 5.41) is 4.19. The van der Waals surface area contributed by atoms with E-state index in [1.165, 1.54) is 12.8 Å². The highest BCUT2D eigenvalue weighted by atomic mass is 32.2. The first-order valence-corrected chi connectivity index (χ1v) is 7.28. The molecule has 0 radical (unpaired) electrons. The van der Waals surface area contributed by atoms with Crippen LogP contribution in [0.5, 0.6) is 0 Å². The predicted octanol–water partition coefficient (Wildman–Crippen LogP) is 1.91. The molecule has 1 saturated heterocycles. The Kier molecular flexibility index (Phi) is 7.45. The van der Waals surface area contributed by atoms with Crippen molar-refractivity contribution in [2.45, 2.75) is 44.1 Å². The smallest absolute Gasteiger partial charge is 0.0666 e. The van der Waals surface area contributed by atoms with Crippen molar-refractivity contribution in [1.29, 1.82) is 0 Å². The van der Waals surface area contributed by atoms with E-state index >= 15 is 0 Å². The summed E-state index contributed by atoms with van der Waals surface area (Å²) in [4.78, 5) is 0. The van der Waals surface area contributed by atoms with E-state index in [2.05, 4.69) is 19.2 Å². The molecule has 0 saturated carbocycles. The van der Waals surface area contributed by atoms with Gasteiger partial charge in [-0.2, -0.15) is 11.8 Å². The van der Waals surface area contributed by atoms with Gasteiger partial charge in [0.15, 0.2) is 0 Å². The van der Waals surface area contributed by atoms with Gasteiger partial charge in [-0.1, -0.05) is 6.92 Å². The molecule has 0 aliphatic carbocycles. The van der Waals surface area contributed by atoms with E-state index in [0.29, 0.717) is 17.4 Å². The molecule has 0 amide bonds. The van der Waals surface area contributed by atoms with Gasteiger partial charge in [0, 0.05) is 30.8 Å². The molecule has 0 bridgehead atoms. The Morgan fingerprint density at radius 3 is 2.94 bits per heavy atom. The summed E-state index contributed by atoms with van der Waals surface area (Å²) in [7, 11) is 1.77. The normalized spacial score (nSPS) is 27.2. The van der Waals surface area contributed by atoms with Crippen LogP contribution in [0, 0.1) is 0 Å². The van der Waals surface area contributed by atoms with Crippen molar-refractivity contribution < 1.29 is 9.47 Å². The van der Waals surface area contributed by atoms with Gasteiger partial charge >= 0.3 is 0 Å². The van der Waals surface area contributed by atoms with Crippen molar-refractivity contribution >= 4 is 11.8 Å². The third kappa shape index (κ3) is 5.04. The fourth-order valence-electron chi connectivity index (χ4n) is 1.89. The van der Waals surface area contributed by atoms with Crippen LogP contribution in [0.4, 0.5) is 0 Å². The van der Waals surface area contributed by atoms with E-state index in [1.54, 1.807) is 7.11 Å². The molecule has 0 aromatic rings. The standard InChI is InChI=1S/C12H25NO2S/c1-4-6-13-11(8-14-3)9-16-12-5-7-15-10(12)2/h10-13H,4-9H2,1-3H3. The number of thioether (sulfide) groups is 1. The molecule has 1 aliphatic rings. The van der Waals surface area contributed by atoms with Gasteiger partial charge in [0.05, 0.1) is 12.7 Å². The van der Waals surface area contributed by atoms with Crippen molar-refractivity contribution in [3.8, 4) is 0 Å². The molecule has 1 aliphatic heterocycles. The van der Waals surface area contributed by atoms with Crippen LogP contribution < -0.4 is 5.32 Å². The maximum Gasteiger partial charge on any atom is 0.0666 e. The first kappa shape index (κ1) is 14.3. The predicted molar refractivity (Wildman–Crippen MR) is 70.2 cm³/mol. The summed E-state index contributed by atoms with van der Waals surface area (Å²) in [5.74, 6) is 1.12. The molecule has 3 atom stereocenters. The maximum absolute atomic E-state index is 5.57. The molecule has 3 unspecified atom stereocenters. The molecule has 0 aromatic carbocycles. The van der Waals surface area contributed by atoms with Gasteiger partial charge in [-0.3, -0.25) is 0 Å². The summed E-state index contributed by atoms with van der Waals surface area (Å²) in [6.45, 7) is 7.17. The Balaban J connectivity index is 2.19. The Bertz CT molecular complexity index is 180. The lowest BCUT2D eigenvalue weighted by Gasteiger charge is -2.20. The molecule has 1 rings (SSSR count). The lowest BCUT2D eigenvalue weighted by Crippen LogP contribution is -2.36. The van der Waals surface area contributed by atoms with Crippen molar-refractivity contribution in [1.82, 2.24) is 5.32 Å². The van der Waals surface area contributed by atoms with Gasteiger partial charge in [0.25, 0.3) is 0 Å². The van der Waals surface area contributed by atoms with Gasteiger partial charge in [0.2, 0.25) is 0 Å². The fraction of sp³-hybridized carbons (Fsp3) is 1.00. The van der Waals surface area contributed by atoms with Crippen LogP contribution in [0.2, 0.25) is 0 Å². The highest BCUT2D eigenvalue weighted by Crippen LogP contribution is 2.26. The topological polar surface area (TPSA) is 30.5 Å². The van der Waals surface area contributed by atoms with E-state index in [4.69, 9.17) is 9.47 Å². The summed E-state index contributed by atoms with van der Waals surface area (Å²) in [6, 6.07) is 0.475. The second-order valence-electron chi connectivity index (χ2n) is 4.34. The van der Waals surface area contributed by atoms with Crippen LogP contribution in [0.1, 0.15) is 26.7 Å². The SMILES string of the molecule is CCCNC(COC)CSC1CCOC1C. The molecule has 3 nitrogen and oxygen atoms in total. The monoisotopic (exact) mass is 247 g/mol. The number of methoxy groups -OCH3 is 1. The minimum atomic E-state index is 0.416. The third-order valence-electron chi connectivity index (χ3n) is 2.87. The molecule has 16 heavy (non-hydrogen) atoms. The summed E-state index contributed by atoms with van der Waals surface area (Å²) in [5.41, 5.74) is 0. The van der Waals surface area contributed by atoms with Crippen LogP contribution in [0.25, 0.3) is 0 Å². The zero-order chi connectivity index (χ0) is 11.8. The lowest BCUT2D eigenvalue weighted by molar-refractivity contribution is 0.127. The molecule has 0 spiro atoms. The first-order valence-electron chi connectivity index (χ1n) is 6.23. The zero-order valence-electron chi connectivity index (χ0n) is 10.7. The maximum atomic E-state index is 5.57. The molecule has 0 aromatic heterocycles. The molecule has 1 heterocycles. The second-order valence-corrected chi connectivity index (χ2v) is 5.61. The molecule has 4 heteroatoms. The number of ether oxygens (including phenoxy) is 2. The lowest BCUT2D eigenvalue weighted by atomic mass is 10.3. The Labute approximate surface area is 104 Å². The average molecular weight is 247 g/mol. The number of nitrogens with one attached hydrogen (secondary N) is 1. The van der Waals surface area contributed by atoms with Crippen LogP contribution in [-0.4, -0.2) is 50.0 Å². The Hall–Kier alpha value is 0.230. The van der Waals surface area contributed by atoms with Crippen LogP contribution in [0.3, 0.4) is 0 Å². The Morgan fingerprint density at radius 2 is 2.38 bits per heavy atom. The summed E-state index contributed by atoms with van der Waals surface area (Å²) < 4.78 is 10.8. The summed E-state index contributed by atoms with van der Waals surface area (Å²) >= 11 is 2.02. The van der Waals surface area contributed by atoms with Gasteiger partial charge < -0.3 is 14.8 Å². The van der Waals surface area contributed by atoms with E-state index in [1.807, 2.05) is 11.8 Å². The fourth-order valence-corrected chi connectivity index (χ4v) is 3.19. The van der Waals surface area contributed by atoms with E-state index in [-0.39, 0.29) is 0 Å². The zero-order valence-corrected chi connectivity index (χ0v) is 11.5. The molecular formula is C12H25NO2S. The highest BCUT2D eigenvalue weighted by molar-refractivity contribution is 8.00. The number of hydrogen-bond acceptors (Lipinski definition) is 4. The Morgan fingerprint density at radius 1 is 1.56 bits per heavy atom. The van der Waals surface area contributed by atoms with Crippen molar-refractivity contribution in [2.75, 3.05) is 32.6 Å². The van der Waals surface area contributed by atoms with Crippen molar-refractivity contribution in [3.63, 3.8) is 0 Å². The van der Waals surface area contributed by atoms with Crippen LogP contribution in [0.15, 0.2) is 0 Å². The summed E-state index contributed by atoms with van der Waals surface area (Å²) in [6.07, 6.45) is 2.78. The highest BCUT2D eigenvalue weighted by Gasteiger charge is 2.25. The largest absolute Gasteiger partial charge is 0.383 e. The van der Waals surface area contributed by atoms with Gasteiger partial charge in [-0.15, -0.1) is 0 Å². The van der Waals surface area contributed by atoms with Crippen molar-refractivity contribution in [3.05, 3.63) is 0 Å². The molecule has 1 fully saturated rings. The molecule has 96 valence electrons. The average Bonchev–Trinajstić information content (AvgIpc) is 2.68. The van der Waals surface area contributed by atoms with E-state index in [9.17, 15) is 0 Å².